The maximum Gasteiger partial charge on any atom is 0.233 e. The molecule has 2 aliphatic rings. The average Bonchev–Trinajstić information content (AvgIpc) is 2.95. The van der Waals surface area contributed by atoms with Crippen LogP contribution in [0.4, 0.5) is 0 Å². The van der Waals surface area contributed by atoms with Gasteiger partial charge in [0.1, 0.15) is 0 Å². The Labute approximate surface area is 126 Å². The molecular weight excluding hydrogens is 268 g/mol. The standard InChI is InChI=1S/C15H26N4O2/c1-12(15-17-16-13(2)21-15)19-6-4-3-5-14(19)11-18-7-9-20-10-8-18/h12,14H,3-11H2,1-2H3. The van der Waals surface area contributed by atoms with Crippen LogP contribution in [-0.2, 0) is 4.74 Å². The molecule has 0 N–H and O–H groups in total. The highest BCUT2D eigenvalue weighted by Crippen LogP contribution is 2.28. The third kappa shape index (κ3) is 3.62. The summed E-state index contributed by atoms with van der Waals surface area (Å²) >= 11 is 0. The van der Waals surface area contributed by atoms with E-state index in [4.69, 9.17) is 9.15 Å². The van der Waals surface area contributed by atoms with Crippen molar-refractivity contribution in [2.75, 3.05) is 39.4 Å². The number of hydrogen-bond acceptors (Lipinski definition) is 6. The van der Waals surface area contributed by atoms with E-state index in [2.05, 4.69) is 26.9 Å². The van der Waals surface area contributed by atoms with E-state index in [0.717, 1.165) is 45.3 Å². The first-order valence-electron chi connectivity index (χ1n) is 8.10. The van der Waals surface area contributed by atoms with E-state index >= 15 is 0 Å². The summed E-state index contributed by atoms with van der Waals surface area (Å²) < 4.78 is 11.1. The molecule has 0 aliphatic carbocycles. The van der Waals surface area contributed by atoms with Crippen LogP contribution < -0.4 is 0 Å². The van der Waals surface area contributed by atoms with Crippen LogP contribution in [0.1, 0.15) is 44.0 Å². The van der Waals surface area contributed by atoms with Gasteiger partial charge in [0.15, 0.2) is 0 Å². The number of nitrogens with zero attached hydrogens (tertiary/aromatic N) is 4. The van der Waals surface area contributed by atoms with Crippen LogP contribution >= 0.6 is 0 Å². The first-order chi connectivity index (χ1) is 10.2. The molecule has 3 heterocycles. The summed E-state index contributed by atoms with van der Waals surface area (Å²) in [6, 6.07) is 0.789. The second-order valence-electron chi connectivity index (χ2n) is 6.14. The van der Waals surface area contributed by atoms with E-state index in [-0.39, 0.29) is 6.04 Å². The summed E-state index contributed by atoms with van der Waals surface area (Å²) in [4.78, 5) is 5.07. The largest absolute Gasteiger partial charge is 0.424 e. The highest BCUT2D eigenvalue weighted by atomic mass is 16.5. The molecule has 1 aromatic rings. The van der Waals surface area contributed by atoms with Gasteiger partial charge in [-0.25, -0.2) is 0 Å². The van der Waals surface area contributed by atoms with Crippen LogP contribution in [0, 0.1) is 6.92 Å². The second-order valence-corrected chi connectivity index (χ2v) is 6.14. The van der Waals surface area contributed by atoms with Crippen molar-refractivity contribution >= 4 is 0 Å². The van der Waals surface area contributed by atoms with E-state index in [1.165, 1.54) is 19.3 Å². The number of ether oxygens (including phenoxy) is 1. The van der Waals surface area contributed by atoms with Crippen LogP contribution in [0.5, 0.6) is 0 Å². The number of piperidine rings is 1. The molecule has 0 aromatic carbocycles. The van der Waals surface area contributed by atoms with Crippen molar-refractivity contribution in [3.8, 4) is 0 Å². The molecule has 0 bridgehead atoms. The Kier molecular flexibility index (Phi) is 4.87. The SMILES string of the molecule is Cc1nnc(C(C)N2CCCCC2CN2CCOCC2)o1. The van der Waals surface area contributed by atoms with Gasteiger partial charge in [0.25, 0.3) is 0 Å². The summed E-state index contributed by atoms with van der Waals surface area (Å²) in [5.74, 6) is 1.40. The number of hydrogen-bond donors (Lipinski definition) is 0. The van der Waals surface area contributed by atoms with E-state index < -0.39 is 0 Å². The van der Waals surface area contributed by atoms with E-state index in [1.54, 1.807) is 0 Å². The van der Waals surface area contributed by atoms with Crippen LogP contribution in [0.2, 0.25) is 0 Å². The molecule has 6 heteroatoms. The minimum atomic E-state index is 0.206. The Morgan fingerprint density at radius 3 is 2.71 bits per heavy atom. The number of aromatic nitrogens is 2. The second kappa shape index (κ2) is 6.85. The van der Waals surface area contributed by atoms with Gasteiger partial charge in [-0.05, 0) is 26.3 Å². The Balaban J connectivity index is 1.65. The predicted octanol–water partition coefficient (Wildman–Crippen LogP) is 1.63. The van der Waals surface area contributed by atoms with Crippen molar-refractivity contribution in [1.82, 2.24) is 20.0 Å². The summed E-state index contributed by atoms with van der Waals surface area (Å²) in [5.41, 5.74) is 0. The molecule has 118 valence electrons. The molecule has 2 atom stereocenters. The monoisotopic (exact) mass is 294 g/mol. The lowest BCUT2D eigenvalue weighted by atomic mass is 9.99. The first kappa shape index (κ1) is 14.9. The molecule has 0 spiro atoms. The molecule has 0 saturated carbocycles. The zero-order chi connectivity index (χ0) is 14.7. The van der Waals surface area contributed by atoms with Crippen molar-refractivity contribution in [3.05, 3.63) is 11.8 Å². The highest BCUT2D eigenvalue weighted by Gasteiger charge is 2.31. The van der Waals surface area contributed by atoms with Gasteiger partial charge in [-0.1, -0.05) is 6.42 Å². The summed E-state index contributed by atoms with van der Waals surface area (Å²) in [6.07, 6.45) is 3.84. The van der Waals surface area contributed by atoms with Crippen molar-refractivity contribution in [2.24, 2.45) is 0 Å². The number of likely N-dealkylation sites (tertiary alicyclic amines) is 1. The number of rotatable bonds is 4. The lowest BCUT2D eigenvalue weighted by molar-refractivity contribution is 0.00636. The molecule has 0 amide bonds. The molecule has 3 rings (SSSR count). The van der Waals surface area contributed by atoms with Crippen molar-refractivity contribution in [1.29, 1.82) is 0 Å². The predicted molar refractivity (Wildman–Crippen MR) is 79.1 cm³/mol. The van der Waals surface area contributed by atoms with Crippen LogP contribution in [0.15, 0.2) is 4.42 Å². The molecular formula is C15H26N4O2. The summed E-state index contributed by atoms with van der Waals surface area (Å²) in [7, 11) is 0. The zero-order valence-electron chi connectivity index (χ0n) is 13.1. The molecule has 1 aromatic heterocycles. The van der Waals surface area contributed by atoms with Gasteiger partial charge in [0.05, 0.1) is 19.3 Å². The lowest BCUT2D eigenvalue weighted by Crippen LogP contribution is -2.50. The summed E-state index contributed by atoms with van der Waals surface area (Å²) in [6.45, 7) is 10.1. The van der Waals surface area contributed by atoms with Crippen LogP contribution in [-0.4, -0.2) is 65.4 Å². The average molecular weight is 294 g/mol. The van der Waals surface area contributed by atoms with Gasteiger partial charge >= 0.3 is 0 Å². The van der Waals surface area contributed by atoms with Gasteiger partial charge in [0.2, 0.25) is 11.8 Å². The van der Waals surface area contributed by atoms with Gasteiger partial charge < -0.3 is 9.15 Å². The van der Waals surface area contributed by atoms with Crippen LogP contribution in [0.3, 0.4) is 0 Å². The Morgan fingerprint density at radius 1 is 1.19 bits per heavy atom. The van der Waals surface area contributed by atoms with Gasteiger partial charge in [-0.3, -0.25) is 9.80 Å². The van der Waals surface area contributed by atoms with E-state index in [0.29, 0.717) is 11.9 Å². The Morgan fingerprint density at radius 2 is 2.00 bits per heavy atom. The first-order valence-corrected chi connectivity index (χ1v) is 8.10. The third-order valence-corrected chi connectivity index (χ3v) is 4.64. The third-order valence-electron chi connectivity index (χ3n) is 4.64. The molecule has 21 heavy (non-hydrogen) atoms. The van der Waals surface area contributed by atoms with E-state index in [1.807, 2.05) is 6.92 Å². The van der Waals surface area contributed by atoms with Crippen molar-refractivity contribution < 1.29 is 9.15 Å². The van der Waals surface area contributed by atoms with Gasteiger partial charge in [-0.15, -0.1) is 10.2 Å². The lowest BCUT2D eigenvalue weighted by Gasteiger charge is -2.41. The summed E-state index contributed by atoms with van der Waals surface area (Å²) in [5, 5.41) is 8.18. The minimum absolute atomic E-state index is 0.206. The Bertz CT molecular complexity index is 445. The normalized spacial score (nSPS) is 26.9. The van der Waals surface area contributed by atoms with Gasteiger partial charge in [0, 0.05) is 32.6 Å². The fraction of sp³-hybridized carbons (Fsp3) is 0.867. The highest BCUT2D eigenvalue weighted by molar-refractivity contribution is 4.93. The fourth-order valence-corrected chi connectivity index (χ4v) is 3.43. The maximum absolute atomic E-state index is 5.64. The quantitative estimate of drug-likeness (QED) is 0.841. The molecule has 0 radical (unpaired) electrons. The molecule has 2 fully saturated rings. The fourth-order valence-electron chi connectivity index (χ4n) is 3.43. The molecule has 2 aliphatic heterocycles. The molecule has 2 unspecified atom stereocenters. The zero-order valence-corrected chi connectivity index (χ0v) is 13.1. The molecule has 6 nitrogen and oxygen atoms in total. The van der Waals surface area contributed by atoms with E-state index in [9.17, 15) is 0 Å². The smallest absolute Gasteiger partial charge is 0.233 e. The Hall–Kier alpha value is -0.980. The maximum atomic E-state index is 5.64. The van der Waals surface area contributed by atoms with Crippen molar-refractivity contribution in [3.63, 3.8) is 0 Å². The minimum Gasteiger partial charge on any atom is -0.424 e. The van der Waals surface area contributed by atoms with Gasteiger partial charge in [-0.2, -0.15) is 0 Å². The topological polar surface area (TPSA) is 54.6 Å². The molecule has 2 saturated heterocycles. The number of aryl methyl sites for hydroxylation is 1. The number of morpholine rings is 1. The van der Waals surface area contributed by atoms with Crippen molar-refractivity contribution in [2.45, 2.75) is 45.2 Å². The van der Waals surface area contributed by atoms with Crippen LogP contribution in [0.25, 0.3) is 0 Å².